The molecule has 0 fully saturated rings. The maximum absolute atomic E-state index is 5.81. The molecule has 0 spiro atoms. The summed E-state index contributed by atoms with van der Waals surface area (Å²) >= 11 is 5.28. The lowest BCUT2D eigenvalue weighted by atomic mass is 10.1. The number of halogens is 1. The van der Waals surface area contributed by atoms with Crippen LogP contribution in [0.15, 0.2) is 28.1 Å². The van der Waals surface area contributed by atoms with Gasteiger partial charge in [0.25, 0.3) is 0 Å². The first-order valence-electron chi connectivity index (χ1n) is 4.58. The molecule has 0 saturated heterocycles. The molecule has 0 amide bonds. The monoisotopic (exact) mass is 269 g/mol. The van der Waals surface area contributed by atoms with E-state index in [0.29, 0.717) is 0 Å². The Morgan fingerprint density at radius 2 is 2.29 bits per heavy atom. The second-order valence-electron chi connectivity index (χ2n) is 3.58. The molecule has 1 nitrogen and oxygen atoms in total. The standard InChI is InChI=1S/C11H12BrNS/c1-7(13)4-8-6-14-11-3-2-9(12)5-10(8)11/h2-3,5-7H,4,13H2,1H3. The summed E-state index contributed by atoms with van der Waals surface area (Å²) in [4.78, 5) is 0. The van der Waals surface area contributed by atoms with Crippen molar-refractivity contribution in [3.8, 4) is 0 Å². The minimum Gasteiger partial charge on any atom is -0.328 e. The highest BCUT2D eigenvalue weighted by Gasteiger charge is 2.06. The first kappa shape index (κ1) is 10.1. The number of benzene rings is 1. The van der Waals surface area contributed by atoms with Crippen molar-refractivity contribution in [3.05, 3.63) is 33.6 Å². The van der Waals surface area contributed by atoms with Gasteiger partial charge < -0.3 is 5.73 Å². The lowest BCUT2D eigenvalue weighted by Crippen LogP contribution is -2.17. The summed E-state index contributed by atoms with van der Waals surface area (Å²) in [5.41, 5.74) is 7.17. The van der Waals surface area contributed by atoms with Crippen LogP contribution in [-0.4, -0.2) is 6.04 Å². The average molecular weight is 270 g/mol. The molecule has 0 aliphatic carbocycles. The average Bonchev–Trinajstić information content (AvgIpc) is 2.47. The summed E-state index contributed by atoms with van der Waals surface area (Å²) < 4.78 is 2.47. The van der Waals surface area contributed by atoms with Gasteiger partial charge in [0.05, 0.1) is 0 Å². The fourth-order valence-corrected chi connectivity index (χ4v) is 2.88. The van der Waals surface area contributed by atoms with E-state index in [1.165, 1.54) is 15.6 Å². The summed E-state index contributed by atoms with van der Waals surface area (Å²) in [6.07, 6.45) is 0.955. The molecule has 0 radical (unpaired) electrons. The molecule has 74 valence electrons. The first-order valence-corrected chi connectivity index (χ1v) is 6.25. The summed E-state index contributed by atoms with van der Waals surface area (Å²) in [5, 5.41) is 3.54. The minimum absolute atomic E-state index is 0.229. The molecule has 1 atom stereocenters. The molecule has 0 aliphatic rings. The van der Waals surface area contributed by atoms with Crippen LogP contribution in [0.5, 0.6) is 0 Å². The highest BCUT2D eigenvalue weighted by Crippen LogP contribution is 2.29. The lowest BCUT2D eigenvalue weighted by Gasteiger charge is -2.03. The van der Waals surface area contributed by atoms with E-state index in [0.717, 1.165) is 10.9 Å². The van der Waals surface area contributed by atoms with Crippen molar-refractivity contribution < 1.29 is 0 Å². The zero-order valence-corrected chi connectivity index (χ0v) is 10.4. The Labute approximate surface area is 96.1 Å². The smallest absolute Gasteiger partial charge is 0.0346 e. The SMILES string of the molecule is CC(N)Cc1csc2ccc(Br)cc12. The van der Waals surface area contributed by atoms with E-state index in [1.807, 2.05) is 6.92 Å². The number of hydrogen-bond donors (Lipinski definition) is 1. The number of fused-ring (bicyclic) bond motifs is 1. The van der Waals surface area contributed by atoms with Gasteiger partial charge in [-0.25, -0.2) is 0 Å². The van der Waals surface area contributed by atoms with Gasteiger partial charge in [0.1, 0.15) is 0 Å². The van der Waals surface area contributed by atoms with E-state index >= 15 is 0 Å². The number of hydrogen-bond acceptors (Lipinski definition) is 2. The first-order chi connectivity index (χ1) is 6.66. The van der Waals surface area contributed by atoms with Crippen LogP contribution in [0.4, 0.5) is 0 Å². The Hall–Kier alpha value is -0.380. The van der Waals surface area contributed by atoms with Crippen molar-refractivity contribution >= 4 is 37.4 Å². The highest BCUT2D eigenvalue weighted by atomic mass is 79.9. The van der Waals surface area contributed by atoms with E-state index in [1.54, 1.807) is 11.3 Å². The Balaban J connectivity index is 2.50. The highest BCUT2D eigenvalue weighted by molar-refractivity contribution is 9.10. The molecule has 0 saturated carbocycles. The topological polar surface area (TPSA) is 26.0 Å². The van der Waals surface area contributed by atoms with Crippen molar-refractivity contribution in [1.82, 2.24) is 0 Å². The van der Waals surface area contributed by atoms with Crippen LogP contribution in [-0.2, 0) is 6.42 Å². The largest absolute Gasteiger partial charge is 0.328 e. The molecule has 1 aromatic heterocycles. The van der Waals surface area contributed by atoms with E-state index in [-0.39, 0.29) is 6.04 Å². The van der Waals surface area contributed by atoms with Gasteiger partial charge in [-0.2, -0.15) is 0 Å². The zero-order valence-electron chi connectivity index (χ0n) is 7.96. The van der Waals surface area contributed by atoms with Crippen LogP contribution in [0.25, 0.3) is 10.1 Å². The number of rotatable bonds is 2. The fraction of sp³-hybridized carbons (Fsp3) is 0.273. The quantitative estimate of drug-likeness (QED) is 0.887. The lowest BCUT2D eigenvalue weighted by molar-refractivity contribution is 0.743. The van der Waals surface area contributed by atoms with Gasteiger partial charge >= 0.3 is 0 Å². The minimum atomic E-state index is 0.229. The van der Waals surface area contributed by atoms with Crippen molar-refractivity contribution in [1.29, 1.82) is 0 Å². The molecule has 2 aromatic rings. The maximum Gasteiger partial charge on any atom is 0.0346 e. The molecular weight excluding hydrogens is 258 g/mol. The van der Waals surface area contributed by atoms with Gasteiger partial charge in [-0.1, -0.05) is 15.9 Å². The Bertz CT molecular complexity index is 447. The molecule has 2 N–H and O–H groups in total. The van der Waals surface area contributed by atoms with Crippen molar-refractivity contribution in [2.75, 3.05) is 0 Å². The second kappa shape index (κ2) is 4.01. The summed E-state index contributed by atoms with van der Waals surface area (Å²) in [6, 6.07) is 6.62. The van der Waals surface area contributed by atoms with Crippen molar-refractivity contribution in [2.45, 2.75) is 19.4 Å². The van der Waals surface area contributed by atoms with Crippen LogP contribution < -0.4 is 5.73 Å². The van der Waals surface area contributed by atoms with E-state index in [2.05, 4.69) is 39.5 Å². The Morgan fingerprint density at radius 1 is 1.50 bits per heavy atom. The summed E-state index contributed by atoms with van der Waals surface area (Å²) in [5.74, 6) is 0. The molecule has 1 heterocycles. The third-order valence-corrected chi connectivity index (χ3v) is 3.66. The molecule has 14 heavy (non-hydrogen) atoms. The second-order valence-corrected chi connectivity index (χ2v) is 5.41. The van der Waals surface area contributed by atoms with Gasteiger partial charge in [0, 0.05) is 15.2 Å². The fourth-order valence-electron chi connectivity index (χ4n) is 1.56. The van der Waals surface area contributed by atoms with Crippen LogP contribution in [0, 0.1) is 0 Å². The molecular formula is C11H12BrNS. The van der Waals surface area contributed by atoms with E-state index in [9.17, 15) is 0 Å². The summed E-state index contributed by atoms with van der Waals surface area (Å²) in [6.45, 7) is 2.04. The molecule has 2 rings (SSSR count). The van der Waals surface area contributed by atoms with Crippen LogP contribution in [0.3, 0.4) is 0 Å². The van der Waals surface area contributed by atoms with Crippen LogP contribution >= 0.6 is 27.3 Å². The van der Waals surface area contributed by atoms with Crippen LogP contribution in [0.1, 0.15) is 12.5 Å². The van der Waals surface area contributed by atoms with Gasteiger partial charge in [0.15, 0.2) is 0 Å². The van der Waals surface area contributed by atoms with Crippen LogP contribution in [0.2, 0.25) is 0 Å². The van der Waals surface area contributed by atoms with E-state index in [4.69, 9.17) is 5.73 Å². The van der Waals surface area contributed by atoms with Gasteiger partial charge in [-0.05, 0) is 47.9 Å². The van der Waals surface area contributed by atoms with Crippen molar-refractivity contribution in [2.24, 2.45) is 5.73 Å². The predicted molar refractivity (Wildman–Crippen MR) is 66.9 cm³/mol. The number of thiophene rings is 1. The zero-order chi connectivity index (χ0) is 10.1. The van der Waals surface area contributed by atoms with E-state index < -0.39 is 0 Å². The van der Waals surface area contributed by atoms with Gasteiger partial charge in [-0.15, -0.1) is 11.3 Å². The van der Waals surface area contributed by atoms with Crippen molar-refractivity contribution in [3.63, 3.8) is 0 Å². The maximum atomic E-state index is 5.81. The van der Waals surface area contributed by atoms with Gasteiger partial charge in [0.2, 0.25) is 0 Å². The molecule has 1 unspecified atom stereocenters. The molecule has 0 aliphatic heterocycles. The Kier molecular flexibility index (Phi) is 2.91. The normalized spacial score (nSPS) is 13.4. The predicted octanol–water partition coefficient (Wildman–Crippen LogP) is 3.55. The van der Waals surface area contributed by atoms with Gasteiger partial charge in [-0.3, -0.25) is 0 Å². The third kappa shape index (κ3) is 2.00. The molecule has 3 heteroatoms. The summed E-state index contributed by atoms with van der Waals surface area (Å²) in [7, 11) is 0. The third-order valence-electron chi connectivity index (χ3n) is 2.16. The number of nitrogens with two attached hydrogens (primary N) is 1. The molecule has 0 bridgehead atoms. The molecule has 1 aromatic carbocycles. The Morgan fingerprint density at radius 3 is 3.00 bits per heavy atom.